The molecule has 0 aliphatic rings. The van der Waals surface area contributed by atoms with E-state index in [1.807, 2.05) is 13.0 Å². The van der Waals surface area contributed by atoms with E-state index in [2.05, 4.69) is 25.8 Å². The van der Waals surface area contributed by atoms with Gasteiger partial charge in [0.15, 0.2) is 0 Å². The maximum atomic E-state index is 12.0. The van der Waals surface area contributed by atoms with Crippen molar-refractivity contribution in [2.45, 2.75) is 13.1 Å². The first-order chi connectivity index (χ1) is 11.1. The van der Waals surface area contributed by atoms with E-state index in [0.717, 1.165) is 5.69 Å². The van der Waals surface area contributed by atoms with Crippen LogP contribution >= 0.6 is 11.6 Å². The second-order valence-electron chi connectivity index (χ2n) is 4.89. The van der Waals surface area contributed by atoms with E-state index in [1.165, 1.54) is 10.6 Å². The number of halogens is 1. The molecule has 0 aromatic carbocycles. The van der Waals surface area contributed by atoms with Crippen molar-refractivity contribution in [2.24, 2.45) is 0 Å². The molecule has 0 radical (unpaired) electrons. The standard InChI is InChI=1S/C14H14ClN7O/c1-9(21-4-3-10(15)5-14(21)23)22-8-13(19-20-22)12-6-11(16-2)7-17-18-12/h3-9H,1-2H3,(H,16,18). The summed E-state index contributed by atoms with van der Waals surface area (Å²) in [6.07, 6.45) is 4.61. The maximum Gasteiger partial charge on any atom is 0.253 e. The van der Waals surface area contributed by atoms with Crippen LogP contribution in [0.4, 0.5) is 5.69 Å². The normalized spacial score (nSPS) is 12.1. The van der Waals surface area contributed by atoms with Crippen molar-refractivity contribution in [1.82, 2.24) is 29.8 Å². The molecule has 3 aromatic heterocycles. The first kappa shape index (κ1) is 15.2. The maximum absolute atomic E-state index is 12.0. The van der Waals surface area contributed by atoms with Gasteiger partial charge in [0.05, 0.1) is 18.1 Å². The molecule has 23 heavy (non-hydrogen) atoms. The van der Waals surface area contributed by atoms with Gasteiger partial charge in [-0.3, -0.25) is 9.36 Å². The van der Waals surface area contributed by atoms with Crippen molar-refractivity contribution in [3.8, 4) is 11.4 Å². The summed E-state index contributed by atoms with van der Waals surface area (Å²) in [6, 6.07) is 4.83. The summed E-state index contributed by atoms with van der Waals surface area (Å²) in [6.45, 7) is 1.84. The second kappa shape index (κ2) is 6.17. The third-order valence-electron chi connectivity index (χ3n) is 3.41. The predicted octanol–water partition coefficient (Wildman–Crippen LogP) is 1.66. The van der Waals surface area contributed by atoms with Gasteiger partial charge in [-0.15, -0.1) is 10.2 Å². The van der Waals surface area contributed by atoms with E-state index in [0.29, 0.717) is 16.4 Å². The first-order valence-corrected chi connectivity index (χ1v) is 7.26. The van der Waals surface area contributed by atoms with Crippen molar-refractivity contribution >= 4 is 17.3 Å². The molecule has 8 nitrogen and oxygen atoms in total. The Hall–Kier alpha value is -2.74. The topological polar surface area (TPSA) is 90.5 Å². The molecule has 0 spiro atoms. The highest BCUT2D eigenvalue weighted by Gasteiger charge is 2.13. The van der Waals surface area contributed by atoms with Crippen molar-refractivity contribution in [3.63, 3.8) is 0 Å². The lowest BCUT2D eigenvalue weighted by atomic mass is 10.3. The van der Waals surface area contributed by atoms with Crippen LogP contribution in [0.1, 0.15) is 13.1 Å². The summed E-state index contributed by atoms with van der Waals surface area (Å²) in [5, 5.41) is 19.5. The lowest BCUT2D eigenvalue weighted by Crippen LogP contribution is -2.26. The van der Waals surface area contributed by atoms with Crippen molar-refractivity contribution in [2.75, 3.05) is 12.4 Å². The minimum atomic E-state index is -0.346. The van der Waals surface area contributed by atoms with E-state index in [4.69, 9.17) is 11.6 Å². The molecule has 3 rings (SSSR count). The molecule has 1 atom stereocenters. The lowest BCUT2D eigenvalue weighted by molar-refractivity contribution is 0.405. The van der Waals surface area contributed by atoms with Crippen LogP contribution < -0.4 is 10.9 Å². The van der Waals surface area contributed by atoms with Gasteiger partial charge in [-0.2, -0.15) is 5.10 Å². The van der Waals surface area contributed by atoms with Crippen LogP contribution in [0.3, 0.4) is 0 Å². The van der Waals surface area contributed by atoms with Crippen LogP contribution in [0.2, 0.25) is 5.02 Å². The van der Waals surface area contributed by atoms with Gasteiger partial charge in [0.25, 0.3) is 5.56 Å². The molecule has 118 valence electrons. The highest BCUT2D eigenvalue weighted by Crippen LogP contribution is 2.17. The SMILES string of the molecule is CNc1cnnc(-c2cn(C(C)n3ccc(Cl)cc3=O)nn2)c1. The van der Waals surface area contributed by atoms with Crippen LogP contribution in [-0.4, -0.2) is 36.8 Å². The Morgan fingerprint density at radius 1 is 1.26 bits per heavy atom. The number of hydrogen-bond acceptors (Lipinski definition) is 6. The summed E-state index contributed by atoms with van der Waals surface area (Å²) in [4.78, 5) is 12.0. The number of nitrogens with zero attached hydrogens (tertiary/aromatic N) is 6. The highest BCUT2D eigenvalue weighted by atomic mass is 35.5. The Labute approximate surface area is 136 Å². The molecule has 0 fully saturated rings. The Morgan fingerprint density at radius 3 is 2.83 bits per heavy atom. The lowest BCUT2D eigenvalue weighted by Gasteiger charge is -2.14. The zero-order valence-corrected chi connectivity index (χ0v) is 13.3. The number of hydrogen-bond donors (Lipinski definition) is 1. The minimum Gasteiger partial charge on any atom is -0.387 e. The monoisotopic (exact) mass is 331 g/mol. The largest absolute Gasteiger partial charge is 0.387 e. The molecular weight excluding hydrogens is 318 g/mol. The first-order valence-electron chi connectivity index (χ1n) is 6.89. The summed E-state index contributed by atoms with van der Waals surface area (Å²) >= 11 is 5.81. The molecule has 3 aromatic rings. The van der Waals surface area contributed by atoms with Crippen LogP contribution in [0, 0.1) is 0 Å². The van der Waals surface area contributed by atoms with Gasteiger partial charge in [0.2, 0.25) is 0 Å². The van der Waals surface area contributed by atoms with Crippen LogP contribution in [0.5, 0.6) is 0 Å². The molecule has 0 saturated heterocycles. The summed E-state index contributed by atoms with van der Waals surface area (Å²) < 4.78 is 3.10. The molecule has 1 N–H and O–H groups in total. The fourth-order valence-corrected chi connectivity index (χ4v) is 2.26. The Kier molecular flexibility index (Phi) is 4.07. The van der Waals surface area contributed by atoms with Gasteiger partial charge in [-0.05, 0) is 19.1 Å². The average Bonchev–Trinajstić information content (AvgIpc) is 3.04. The average molecular weight is 332 g/mol. The third kappa shape index (κ3) is 3.07. The van der Waals surface area contributed by atoms with Gasteiger partial charge in [0.1, 0.15) is 17.6 Å². The molecule has 9 heteroatoms. The third-order valence-corrected chi connectivity index (χ3v) is 3.65. The molecule has 1 unspecified atom stereocenters. The van der Waals surface area contributed by atoms with E-state index in [-0.39, 0.29) is 11.7 Å². The van der Waals surface area contributed by atoms with Gasteiger partial charge in [-0.1, -0.05) is 16.8 Å². The van der Waals surface area contributed by atoms with E-state index >= 15 is 0 Å². The Morgan fingerprint density at radius 2 is 2.09 bits per heavy atom. The van der Waals surface area contributed by atoms with Crippen LogP contribution in [-0.2, 0) is 0 Å². The molecule has 0 saturated carbocycles. The number of aromatic nitrogens is 6. The number of rotatable bonds is 4. The molecule has 3 heterocycles. The van der Waals surface area contributed by atoms with Crippen LogP contribution in [0.25, 0.3) is 11.4 Å². The number of nitrogens with one attached hydrogen (secondary N) is 1. The van der Waals surface area contributed by atoms with Gasteiger partial charge in [-0.25, -0.2) is 4.68 Å². The molecule has 0 amide bonds. The van der Waals surface area contributed by atoms with Crippen molar-refractivity contribution in [3.05, 3.63) is 52.2 Å². The van der Waals surface area contributed by atoms with E-state index < -0.39 is 0 Å². The van der Waals surface area contributed by atoms with Crippen LogP contribution in [0.15, 0.2) is 41.6 Å². The number of pyridine rings is 1. The Bertz CT molecular complexity index is 889. The minimum absolute atomic E-state index is 0.209. The molecule has 0 aliphatic carbocycles. The smallest absolute Gasteiger partial charge is 0.253 e. The fourth-order valence-electron chi connectivity index (χ4n) is 2.11. The Balaban J connectivity index is 1.93. The molecular formula is C14H14ClN7O. The van der Waals surface area contributed by atoms with Crippen molar-refractivity contribution < 1.29 is 0 Å². The van der Waals surface area contributed by atoms with E-state index in [1.54, 1.807) is 36.4 Å². The second-order valence-corrected chi connectivity index (χ2v) is 5.32. The predicted molar refractivity (Wildman–Crippen MR) is 86.4 cm³/mol. The highest BCUT2D eigenvalue weighted by molar-refractivity contribution is 6.30. The molecule has 0 aliphatic heterocycles. The zero-order valence-electron chi connectivity index (χ0n) is 12.5. The van der Waals surface area contributed by atoms with Gasteiger partial charge in [0, 0.05) is 24.3 Å². The number of anilines is 1. The fraction of sp³-hybridized carbons (Fsp3) is 0.214. The quantitative estimate of drug-likeness (QED) is 0.782. The summed E-state index contributed by atoms with van der Waals surface area (Å²) in [5.74, 6) is 0. The zero-order chi connectivity index (χ0) is 16.4. The van der Waals surface area contributed by atoms with Crippen molar-refractivity contribution in [1.29, 1.82) is 0 Å². The van der Waals surface area contributed by atoms with E-state index in [9.17, 15) is 4.79 Å². The van der Waals surface area contributed by atoms with Gasteiger partial charge >= 0.3 is 0 Å². The molecule has 0 bridgehead atoms. The van der Waals surface area contributed by atoms with Gasteiger partial charge < -0.3 is 5.32 Å². The summed E-state index contributed by atoms with van der Waals surface area (Å²) in [5.41, 5.74) is 1.78. The summed E-state index contributed by atoms with van der Waals surface area (Å²) in [7, 11) is 1.80.